The standard InChI is InChI=1S/C22H29NO/c1-3-24-22(19-10-6-4-7-11-19,20-12-8-5-9-13-20)17-21(23-2)16-18-14-15-18/h4-13,18,21,23H,3,14-17H2,1-2H3. The van der Waals surface area contributed by atoms with Crippen molar-refractivity contribution in [3.05, 3.63) is 71.8 Å². The highest BCUT2D eigenvalue weighted by Crippen LogP contribution is 2.41. The molecule has 1 N–H and O–H groups in total. The van der Waals surface area contributed by atoms with Gasteiger partial charge in [-0.15, -0.1) is 0 Å². The Hall–Kier alpha value is -1.64. The molecule has 1 aliphatic carbocycles. The van der Waals surface area contributed by atoms with Crippen LogP contribution < -0.4 is 5.32 Å². The molecule has 0 amide bonds. The summed E-state index contributed by atoms with van der Waals surface area (Å²) in [6.07, 6.45) is 4.97. The van der Waals surface area contributed by atoms with Crippen molar-refractivity contribution in [1.82, 2.24) is 5.32 Å². The minimum Gasteiger partial charge on any atom is -0.366 e. The van der Waals surface area contributed by atoms with Crippen molar-refractivity contribution in [1.29, 1.82) is 0 Å². The molecule has 2 nitrogen and oxygen atoms in total. The molecule has 128 valence electrons. The van der Waals surface area contributed by atoms with Crippen molar-refractivity contribution in [3.8, 4) is 0 Å². The Kier molecular flexibility index (Phi) is 5.70. The predicted molar refractivity (Wildman–Crippen MR) is 100 cm³/mol. The van der Waals surface area contributed by atoms with Gasteiger partial charge in [-0.25, -0.2) is 0 Å². The lowest BCUT2D eigenvalue weighted by Gasteiger charge is -2.38. The van der Waals surface area contributed by atoms with Gasteiger partial charge in [-0.3, -0.25) is 0 Å². The summed E-state index contributed by atoms with van der Waals surface area (Å²) in [6, 6.07) is 21.9. The van der Waals surface area contributed by atoms with E-state index >= 15 is 0 Å². The largest absolute Gasteiger partial charge is 0.366 e. The van der Waals surface area contributed by atoms with Crippen LogP contribution in [-0.2, 0) is 10.3 Å². The Morgan fingerprint density at radius 2 is 1.54 bits per heavy atom. The van der Waals surface area contributed by atoms with Crippen LogP contribution in [0.25, 0.3) is 0 Å². The third kappa shape index (κ3) is 3.88. The van der Waals surface area contributed by atoms with Gasteiger partial charge in [-0.2, -0.15) is 0 Å². The topological polar surface area (TPSA) is 21.3 Å². The van der Waals surface area contributed by atoms with Crippen LogP contribution in [0, 0.1) is 5.92 Å². The second kappa shape index (κ2) is 7.96. The van der Waals surface area contributed by atoms with Crippen molar-refractivity contribution in [2.75, 3.05) is 13.7 Å². The van der Waals surface area contributed by atoms with Gasteiger partial charge in [-0.1, -0.05) is 73.5 Å². The average Bonchev–Trinajstić information content (AvgIpc) is 3.46. The molecule has 0 spiro atoms. The molecule has 1 atom stereocenters. The van der Waals surface area contributed by atoms with Gasteiger partial charge >= 0.3 is 0 Å². The van der Waals surface area contributed by atoms with Gasteiger partial charge in [0.2, 0.25) is 0 Å². The van der Waals surface area contributed by atoms with E-state index in [1.54, 1.807) is 0 Å². The second-order valence-corrected chi connectivity index (χ2v) is 6.86. The molecule has 1 fully saturated rings. The molecule has 24 heavy (non-hydrogen) atoms. The number of hydrogen-bond acceptors (Lipinski definition) is 2. The Labute approximate surface area is 146 Å². The minimum atomic E-state index is -0.389. The number of benzene rings is 2. The van der Waals surface area contributed by atoms with E-state index in [0.717, 1.165) is 12.3 Å². The SMILES string of the molecule is CCOC(CC(CC1CC1)NC)(c1ccccc1)c1ccccc1. The zero-order valence-electron chi connectivity index (χ0n) is 14.9. The van der Waals surface area contributed by atoms with Gasteiger partial charge in [-0.05, 0) is 37.4 Å². The van der Waals surface area contributed by atoms with E-state index in [2.05, 4.69) is 80.0 Å². The van der Waals surface area contributed by atoms with Crippen LogP contribution in [0.15, 0.2) is 60.7 Å². The second-order valence-electron chi connectivity index (χ2n) is 6.86. The van der Waals surface area contributed by atoms with Gasteiger partial charge in [0.25, 0.3) is 0 Å². The molecule has 1 aliphatic rings. The van der Waals surface area contributed by atoms with E-state index in [9.17, 15) is 0 Å². The fourth-order valence-corrected chi connectivity index (χ4v) is 3.70. The quantitative estimate of drug-likeness (QED) is 0.719. The predicted octanol–water partition coefficient (Wildman–Crippen LogP) is 4.74. The molecule has 3 rings (SSSR count). The van der Waals surface area contributed by atoms with E-state index in [-0.39, 0.29) is 5.60 Å². The molecule has 2 heteroatoms. The maximum Gasteiger partial charge on any atom is 0.120 e. The maximum absolute atomic E-state index is 6.50. The van der Waals surface area contributed by atoms with Gasteiger partial charge in [0, 0.05) is 19.1 Å². The summed E-state index contributed by atoms with van der Waals surface area (Å²) in [5, 5.41) is 3.55. The van der Waals surface area contributed by atoms with E-state index in [0.29, 0.717) is 12.6 Å². The highest BCUT2D eigenvalue weighted by Gasteiger charge is 2.38. The first kappa shape index (κ1) is 17.2. The zero-order chi connectivity index (χ0) is 16.8. The Morgan fingerprint density at radius 3 is 1.96 bits per heavy atom. The molecule has 2 aromatic rings. The fraction of sp³-hybridized carbons (Fsp3) is 0.455. The number of rotatable bonds is 9. The lowest BCUT2D eigenvalue weighted by molar-refractivity contribution is -0.0251. The number of hydrogen-bond donors (Lipinski definition) is 1. The van der Waals surface area contributed by atoms with Crippen LogP contribution in [0.5, 0.6) is 0 Å². The average molecular weight is 323 g/mol. The third-order valence-electron chi connectivity index (χ3n) is 5.13. The fourth-order valence-electron chi connectivity index (χ4n) is 3.70. The monoisotopic (exact) mass is 323 g/mol. The summed E-state index contributed by atoms with van der Waals surface area (Å²) in [4.78, 5) is 0. The molecule has 1 saturated carbocycles. The summed E-state index contributed by atoms with van der Waals surface area (Å²) in [6.45, 7) is 2.79. The molecular formula is C22H29NO. The molecule has 0 saturated heterocycles. The van der Waals surface area contributed by atoms with Crippen LogP contribution in [0.3, 0.4) is 0 Å². The minimum absolute atomic E-state index is 0.389. The summed E-state index contributed by atoms with van der Waals surface area (Å²) in [5.41, 5.74) is 2.10. The van der Waals surface area contributed by atoms with Crippen molar-refractivity contribution < 1.29 is 4.74 Å². The summed E-state index contributed by atoms with van der Waals surface area (Å²) in [7, 11) is 2.08. The first-order chi connectivity index (χ1) is 11.8. The summed E-state index contributed by atoms with van der Waals surface area (Å²) >= 11 is 0. The molecule has 0 aromatic heterocycles. The highest BCUT2D eigenvalue weighted by atomic mass is 16.5. The third-order valence-corrected chi connectivity index (χ3v) is 5.13. The van der Waals surface area contributed by atoms with E-state index < -0.39 is 0 Å². The van der Waals surface area contributed by atoms with Crippen LogP contribution in [0.4, 0.5) is 0 Å². The van der Waals surface area contributed by atoms with Gasteiger partial charge < -0.3 is 10.1 Å². The molecule has 0 bridgehead atoms. The molecule has 0 radical (unpaired) electrons. The van der Waals surface area contributed by atoms with Crippen LogP contribution in [0.2, 0.25) is 0 Å². The van der Waals surface area contributed by atoms with E-state index in [1.807, 2.05) is 0 Å². The lowest BCUT2D eigenvalue weighted by Crippen LogP contribution is -2.40. The molecule has 1 unspecified atom stereocenters. The summed E-state index contributed by atoms with van der Waals surface area (Å²) < 4.78 is 6.50. The van der Waals surface area contributed by atoms with Crippen molar-refractivity contribution >= 4 is 0 Å². The van der Waals surface area contributed by atoms with Crippen molar-refractivity contribution in [2.24, 2.45) is 5.92 Å². The lowest BCUT2D eigenvalue weighted by atomic mass is 9.80. The van der Waals surface area contributed by atoms with Gasteiger partial charge in [0.15, 0.2) is 0 Å². The van der Waals surface area contributed by atoms with Crippen molar-refractivity contribution in [3.63, 3.8) is 0 Å². The van der Waals surface area contributed by atoms with E-state index in [4.69, 9.17) is 4.74 Å². The Morgan fingerprint density at radius 1 is 1.00 bits per heavy atom. The number of ether oxygens (including phenoxy) is 1. The van der Waals surface area contributed by atoms with Crippen LogP contribution in [0.1, 0.15) is 43.7 Å². The van der Waals surface area contributed by atoms with Gasteiger partial charge in [0.05, 0.1) is 0 Å². The highest BCUT2D eigenvalue weighted by molar-refractivity contribution is 5.36. The Balaban J connectivity index is 2.00. The van der Waals surface area contributed by atoms with Crippen molar-refractivity contribution in [2.45, 2.75) is 44.2 Å². The normalized spacial score (nSPS) is 16.1. The molecule has 2 aromatic carbocycles. The molecule has 0 aliphatic heterocycles. The van der Waals surface area contributed by atoms with E-state index in [1.165, 1.54) is 30.4 Å². The van der Waals surface area contributed by atoms with Crippen LogP contribution >= 0.6 is 0 Å². The summed E-state index contributed by atoms with van der Waals surface area (Å²) in [5.74, 6) is 0.897. The first-order valence-electron chi connectivity index (χ1n) is 9.20. The molecule has 0 heterocycles. The van der Waals surface area contributed by atoms with Gasteiger partial charge in [0.1, 0.15) is 5.60 Å². The maximum atomic E-state index is 6.50. The smallest absolute Gasteiger partial charge is 0.120 e. The Bertz CT molecular complexity index is 567. The zero-order valence-corrected chi connectivity index (χ0v) is 14.9. The number of nitrogens with one attached hydrogen (secondary N) is 1. The molecular weight excluding hydrogens is 294 g/mol. The van der Waals surface area contributed by atoms with Crippen LogP contribution in [-0.4, -0.2) is 19.7 Å². The first-order valence-corrected chi connectivity index (χ1v) is 9.20.